The summed E-state index contributed by atoms with van der Waals surface area (Å²) >= 11 is 2.19. The first kappa shape index (κ1) is 14.0. The lowest BCUT2D eigenvalue weighted by Gasteiger charge is -2.19. The summed E-state index contributed by atoms with van der Waals surface area (Å²) in [6.07, 6.45) is 6.93. The van der Waals surface area contributed by atoms with Gasteiger partial charge in [-0.1, -0.05) is 50.1 Å². The zero-order valence-corrected chi connectivity index (χ0v) is 12.2. The molecule has 0 aromatic heterocycles. The van der Waals surface area contributed by atoms with Crippen LogP contribution in [0.5, 0.6) is 0 Å². The average Bonchev–Trinajstić information content (AvgIpc) is 2.91. The number of thioether (sulfide) groups is 1. The molecule has 0 spiro atoms. The maximum Gasteiger partial charge on any atom is 0.0198 e. The summed E-state index contributed by atoms with van der Waals surface area (Å²) in [4.78, 5) is 0. The van der Waals surface area contributed by atoms with E-state index in [1.807, 2.05) is 0 Å². The highest BCUT2D eigenvalue weighted by molar-refractivity contribution is 7.99. The number of hydrogen-bond donors (Lipinski definition) is 1. The van der Waals surface area contributed by atoms with Crippen LogP contribution in [0.2, 0.25) is 0 Å². The minimum Gasteiger partial charge on any atom is -0.313 e. The van der Waals surface area contributed by atoms with Crippen molar-refractivity contribution in [3.05, 3.63) is 35.9 Å². The lowest BCUT2D eigenvalue weighted by molar-refractivity contribution is 0.572. The van der Waals surface area contributed by atoms with Crippen LogP contribution >= 0.6 is 11.8 Å². The van der Waals surface area contributed by atoms with E-state index in [1.54, 1.807) is 0 Å². The number of benzene rings is 1. The van der Waals surface area contributed by atoms with Crippen LogP contribution in [0.3, 0.4) is 0 Å². The molecule has 1 aromatic rings. The van der Waals surface area contributed by atoms with E-state index in [9.17, 15) is 0 Å². The predicted octanol–water partition coefficient (Wildman–Crippen LogP) is 3.88. The van der Waals surface area contributed by atoms with Gasteiger partial charge < -0.3 is 5.32 Å². The monoisotopic (exact) mass is 263 g/mol. The quantitative estimate of drug-likeness (QED) is 0.801. The van der Waals surface area contributed by atoms with Gasteiger partial charge in [0.05, 0.1) is 0 Å². The molecule has 2 heteroatoms. The largest absolute Gasteiger partial charge is 0.313 e. The van der Waals surface area contributed by atoms with Crippen LogP contribution in [0.4, 0.5) is 0 Å². The SMILES string of the molecule is CCNC(CSC1CCCC1)Cc1ccccc1. The Bertz CT molecular complexity index is 319. The summed E-state index contributed by atoms with van der Waals surface area (Å²) in [6, 6.07) is 11.5. The molecular weight excluding hydrogens is 238 g/mol. The highest BCUT2D eigenvalue weighted by Crippen LogP contribution is 2.29. The molecule has 1 saturated carbocycles. The van der Waals surface area contributed by atoms with Crippen molar-refractivity contribution in [2.45, 2.75) is 50.3 Å². The van der Waals surface area contributed by atoms with Gasteiger partial charge in [0.25, 0.3) is 0 Å². The lowest BCUT2D eigenvalue weighted by Crippen LogP contribution is -2.33. The standard InChI is InChI=1S/C16H25NS/c1-2-17-15(12-14-8-4-3-5-9-14)13-18-16-10-6-7-11-16/h3-5,8-9,15-17H,2,6-7,10-13H2,1H3. The third-order valence-electron chi connectivity index (χ3n) is 3.65. The number of hydrogen-bond acceptors (Lipinski definition) is 2. The van der Waals surface area contributed by atoms with Crippen LogP contribution < -0.4 is 5.32 Å². The molecule has 0 bridgehead atoms. The van der Waals surface area contributed by atoms with Gasteiger partial charge in [-0.05, 0) is 31.4 Å². The number of rotatable bonds is 7. The Kier molecular flexibility index (Phi) is 6.09. The Morgan fingerprint density at radius 1 is 1.22 bits per heavy atom. The summed E-state index contributed by atoms with van der Waals surface area (Å²) in [6.45, 7) is 3.28. The van der Waals surface area contributed by atoms with E-state index in [1.165, 1.54) is 37.0 Å². The molecular formula is C16H25NS. The minimum atomic E-state index is 0.628. The minimum absolute atomic E-state index is 0.628. The first-order chi connectivity index (χ1) is 8.88. The molecule has 18 heavy (non-hydrogen) atoms. The zero-order valence-electron chi connectivity index (χ0n) is 11.4. The van der Waals surface area contributed by atoms with Crippen LogP contribution in [0.15, 0.2) is 30.3 Å². The summed E-state index contributed by atoms with van der Waals surface area (Å²) in [5.41, 5.74) is 1.45. The topological polar surface area (TPSA) is 12.0 Å². The molecule has 0 amide bonds. The fourth-order valence-electron chi connectivity index (χ4n) is 2.68. The van der Waals surface area contributed by atoms with Gasteiger partial charge in [-0.15, -0.1) is 0 Å². The van der Waals surface area contributed by atoms with Crippen LogP contribution in [0.25, 0.3) is 0 Å². The second-order valence-electron chi connectivity index (χ2n) is 5.18. The van der Waals surface area contributed by atoms with Gasteiger partial charge in [0.1, 0.15) is 0 Å². The maximum atomic E-state index is 3.63. The molecule has 0 saturated heterocycles. The fraction of sp³-hybridized carbons (Fsp3) is 0.625. The molecule has 1 aliphatic rings. The van der Waals surface area contributed by atoms with Crippen molar-refractivity contribution < 1.29 is 0 Å². The molecule has 0 radical (unpaired) electrons. The van der Waals surface area contributed by atoms with Gasteiger partial charge in [0, 0.05) is 17.0 Å². The van der Waals surface area contributed by atoms with E-state index >= 15 is 0 Å². The smallest absolute Gasteiger partial charge is 0.0198 e. The van der Waals surface area contributed by atoms with Crippen molar-refractivity contribution in [2.24, 2.45) is 0 Å². The zero-order chi connectivity index (χ0) is 12.6. The van der Waals surface area contributed by atoms with Gasteiger partial charge >= 0.3 is 0 Å². The summed E-state index contributed by atoms with van der Waals surface area (Å²) < 4.78 is 0. The molecule has 1 atom stereocenters. The van der Waals surface area contributed by atoms with Crippen molar-refractivity contribution in [2.75, 3.05) is 12.3 Å². The van der Waals surface area contributed by atoms with Crippen LogP contribution in [-0.4, -0.2) is 23.6 Å². The molecule has 0 heterocycles. The van der Waals surface area contributed by atoms with Crippen molar-refractivity contribution in [3.8, 4) is 0 Å². The van der Waals surface area contributed by atoms with Crippen molar-refractivity contribution in [1.82, 2.24) is 5.32 Å². The summed E-state index contributed by atoms with van der Waals surface area (Å²) in [5, 5.41) is 4.57. The third kappa shape index (κ3) is 4.66. The molecule has 100 valence electrons. The summed E-state index contributed by atoms with van der Waals surface area (Å²) in [5.74, 6) is 1.26. The first-order valence-corrected chi connectivity index (χ1v) is 8.32. The molecule has 2 rings (SSSR count). The molecule has 1 unspecified atom stereocenters. The van der Waals surface area contributed by atoms with Crippen molar-refractivity contribution in [1.29, 1.82) is 0 Å². The van der Waals surface area contributed by atoms with Crippen LogP contribution in [0, 0.1) is 0 Å². The molecule has 1 aromatic carbocycles. The first-order valence-electron chi connectivity index (χ1n) is 7.27. The Balaban J connectivity index is 1.79. The van der Waals surface area contributed by atoms with Gasteiger partial charge in [0.2, 0.25) is 0 Å². The molecule has 1 aliphatic carbocycles. The van der Waals surface area contributed by atoms with Crippen LogP contribution in [0.1, 0.15) is 38.2 Å². The lowest BCUT2D eigenvalue weighted by atomic mass is 10.1. The highest BCUT2D eigenvalue weighted by atomic mass is 32.2. The Labute approximate surface area is 116 Å². The molecule has 1 fully saturated rings. The second kappa shape index (κ2) is 7.85. The second-order valence-corrected chi connectivity index (χ2v) is 6.52. The maximum absolute atomic E-state index is 3.63. The van der Waals surface area contributed by atoms with Gasteiger partial charge in [-0.25, -0.2) is 0 Å². The average molecular weight is 263 g/mol. The Morgan fingerprint density at radius 3 is 2.61 bits per heavy atom. The Hall–Kier alpha value is -0.470. The van der Waals surface area contributed by atoms with E-state index in [-0.39, 0.29) is 0 Å². The van der Waals surface area contributed by atoms with Crippen molar-refractivity contribution in [3.63, 3.8) is 0 Å². The molecule has 0 aliphatic heterocycles. The Morgan fingerprint density at radius 2 is 1.94 bits per heavy atom. The number of nitrogens with one attached hydrogen (secondary N) is 1. The normalized spacial score (nSPS) is 18.1. The van der Waals surface area contributed by atoms with Gasteiger partial charge in [0.15, 0.2) is 0 Å². The van der Waals surface area contributed by atoms with E-state index in [0.29, 0.717) is 6.04 Å². The highest BCUT2D eigenvalue weighted by Gasteiger charge is 2.17. The van der Waals surface area contributed by atoms with Crippen LogP contribution in [-0.2, 0) is 6.42 Å². The van der Waals surface area contributed by atoms with E-state index < -0.39 is 0 Å². The number of likely N-dealkylation sites (N-methyl/N-ethyl adjacent to an activating group) is 1. The molecule has 1 N–H and O–H groups in total. The predicted molar refractivity (Wildman–Crippen MR) is 82.3 cm³/mol. The van der Waals surface area contributed by atoms with E-state index in [0.717, 1.165) is 18.2 Å². The van der Waals surface area contributed by atoms with Crippen molar-refractivity contribution >= 4 is 11.8 Å². The van der Waals surface area contributed by atoms with Gasteiger partial charge in [-0.3, -0.25) is 0 Å². The third-order valence-corrected chi connectivity index (χ3v) is 5.19. The summed E-state index contributed by atoms with van der Waals surface area (Å²) in [7, 11) is 0. The van der Waals surface area contributed by atoms with E-state index in [4.69, 9.17) is 0 Å². The molecule has 1 nitrogen and oxygen atoms in total. The fourth-order valence-corrected chi connectivity index (χ4v) is 4.09. The van der Waals surface area contributed by atoms with E-state index in [2.05, 4.69) is 54.3 Å². The van der Waals surface area contributed by atoms with Gasteiger partial charge in [-0.2, -0.15) is 11.8 Å².